The van der Waals surface area contributed by atoms with Gasteiger partial charge in [0.2, 0.25) is 0 Å². The fourth-order valence-electron chi connectivity index (χ4n) is 3.36. The van der Waals surface area contributed by atoms with Gasteiger partial charge in [0.25, 0.3) is 0 Å². The summed E-state index contributed by atoms with van der Waals surface area (Å²) in [4.78, 5) is 14.5. The van der Waals surface area contributed by atoms with Gasteiger partial charge in [-0.2, -0.15) is 0 Å². The van der Waals surface area contributed by atoms with Crippen LogP contribution in [0, 0.1) is 0 Å². The molecule has 0 saturated carbocycles. The highest BCUT2D eigenvalue weighted by Crippen LogP contribution is 2.37. The van der Waals surface area contributed by atoms with Crippen molar-refractivity contribution < 1.29 is 23.6 Å². The van der Waals surface area contributed by atoms with Crippen LogP contribution in [0.25, 0.3) is 0 Å². The van der Waals surface area contributed by atoms with E-state index in [1.54, 1.807) is 4.90 Å². The molecule has 8 heteroatoms. The van der Waals surface area contributed by atoms with E-state index in [1.165, 1.54) is 0 Å². The molecule has 1 aromatic rings. The Kier molecular flexibility index (Phi) is 6.00. The smallest absolute Gasteiger partial charge is 0.444 e. The Hall–Kier alpha value is -1.28. The van der Waals surface area contributed by atoms with Crippen LogP contribution in [0.4, 0.5) is 4.79 Å². The molecule has 2 fully saturated rings. The second kappa shape index (κ2) is 7.76. The normalized spacial score (nSPS) is 23.9. The third-order valence-corrected chi connectivity index (χ3v) is 5.83. The van der Waals surface area contributed by atoms with Gasteiger partial charge in [-0.1, -0.05) is 17.7 Å². The standard InChI is InChI=1S/C21H31BClNO5/c1-19(2,3)27-18(25)24-8-9-26-13-17(24)14-10-15(12-16(23)11-14)22-28-20(4,5)21(6,7)29-22/h10-12,17H,8-9,13H2,1-7H3/t17-/m0/s1. The molecule has 0 aliphatic carbocycles. The van der Waals surface area contributed by atoms with Crippen molar-refractivity contribution in [2.24, 2.45) is 0 Å². The molecule has 2 aliphatic heterocycles. The van der Waals surface area contributed by atoms with Crippen LogP contribution in [0.2, 0.25) is 5.02 Å². The largest absolute Gasteiger partial charge is 0.494 e. The molecule has 29 heavy (non-hydrogen) atoms. The van der Waals surface area contributed by atoms with Crippen molar-refractivity contribution in [2.45, 2.75) is 71.3 Å². The van der Waals surface area contributed by atoms with Gasteiger partial charge in [-0.15, -0.1) is 0 Å². The fraction of sp³-hybridized carbons (Fsp3) is 0.667. The predicted molar refractivity (Wildman–Crippen MR) is 114 cm³/mol. The molecule has 6 nitrogen and oxygen atoms in total. The molecule has 0 aromatic heterocycles. The summed E-state index contributed by atoms with van der Waals surface area (Å²) in [5.41, 5.74) is 0.226. The maximum Gasteiger partial charge on any atom is 0.494 e. The second-order valence-corrected chi connectivity index (χ2v) is 10.1. The van der Waals surface area contributed by atoms with Crippen LogP contribution < -0.4 is 5.46 Å². The third kappa shape index (κ3) is 4.90. The molecule has 1 atom stereocenters. The van der Waals surface area contributed by atoms with Crippen molar-refractivity contribution in [1.29, 1.82) is 0 Å². The van der Waals surface area contributed by atoms with Gasteiger partial charge in [0, 0.05) is 11.6 Å². The molecule has 2 aliphatic rings. The zero-order chi connectivity index (χ0) is 21.6. The van der Waals surface area contributed by atoms with E-state index in [-0.39, 0.29) is 12.1 Å². The molecule has 0 unspecified atom stereocenters. The minimum Gasteiger partial charge on any atom is -0.444 e. The minimum absolute atomic E-state index is 0.293. The van der Waals surface area contributed by atoms with E-state index >= 15 is 0 Å². The summed E-state index contributed by atoms with van der Waals surface area (Å²) in [6.45, 7) is 14.9. The first-order valence-corrected chi connectivity index (χ1v) is 10.4. The number of rotatable bonds is 2. The Bertz CT molecular complexity index is 761. The van der Waals surface area contributed by atoms with Crippen LogP contribution in [0.5, 0.6) is 0 Å². The van der Waals surface area contributed by atoms with Gasteiger partial charge in [-0.25, -0.2) is 4.79 Å². The zero-order valence-electron chi connectivity index (χ0n) is 18.4. The van der Waals surface area contributed by atoms with E-state index in [2.05, 4.69) is 0 Å². The Morgan fingerprint density at radius 2 is 1.79 bits per heavy atom. The number of hydrogen-bond acceptors (Lipinski definition) is 5. The Labute approximate surface area is 178 Å². The van der Waals surface area contributed by atoms with Crippen LogP contribution in [0.15, 0.2) is 18.2 Å². The summed E-state index contributed by atoms with van der Waals surface area (Å²) in [6.07, 6.45) is -0.358. The van der Waals surface area contributed by atoms with Gasteiger partial charge in [-0.05, 0) is 71.6 Å². The number of ether oxygens (including phenoxy) is 2. The lowest BCUT2D eigenvalue weighted by Crippen LogP contribution is -2.46. The molecular formula is C21H31BClNO5. The van der Waals surface area contributed by atoms with Crippen molar-refractivity contribution in [2.75, 3.05) is 19.8 Å². The van der Waals surface area contributed by atoms with E-state index in [9.17, 15) is 4.79 Å². The first kappa shape index (κ1) is 22.4. The number of nitrogens with zero attached hydrogens (tertiary/aromatic N) is 1. The van der Waals surface area contributed by atoms with E-state index in [4.69, 9.17) is 30.4 Å². The number of carbonyl (C=O) groups excluding carboxylic acids is 1. The van der Waals surface area contributed by atoms with Crippen molar-refractivity contribution >= 4 is 30.3 Å². The summed E-state index contributed by atoms with van der Waals surface area (Å²) in [5, 5.41) is 0.557. The highest BCUT2D eigenvalue weighted by atomic mass is 35.5. The lowest BCUT2D eigenvalue weighted by atomic mass is 9.78. The summed E-state index contributed by atoms with van der Waals surface area (Å²) in [5.74, 6) is 0. The van der Waals surface area contributed by atoms with Crippen molar-refractivity contribution in [1.82, 2.24) is 4.90 Å². The number of hydrogen-bond donors (Lipinski definition) is 0. The topological polar surface area (TPSA) is 57.2 Å². The highest BCUT2D eigenvalue weighted by Gasteiger charge is 2.52. The monoisotopic (exact) mass is 423 g/mol. The Balaban J connectivity index is 1.89. The predicted octanol–water partition coefficient (Wildman–Crippen LogP) is 3.95. The quantitative estimate of drug-likeness (QED) is 0.674. The maximum atomic E-state index is 12.8. The van der Waals surface area contributed by atoms with Crippen LogP contribution in [-0.2, 0) is 18.8 Å². The van der Waals surface area contributed by atoms with Crippen LogP contribution in [0.1, 0.15) is 60.1 Å². The molecule has 160 valence electrons. The van der Waals surface area contributed by atoms with E-state index in [1.807, 2.05) is 66.7 Å². The van der Waals surface area contributed by atoms with Crippen molar-refractivity contribution in [3.63, 3.8) is 0 Å². The summed E-state index contributed by atoms with van der Waals surface area (Å²) < 4.78 is 23.6. The fourth-order valence-corrected chi connectivity index (χ4v) is 3.61. The molecule has 1 aromatic carbocycles. The zero-order valence-corrected chi connectivity index (χ0v) is 19.1. The molecule has 1 amide bonds. The van der Waals surface area contributed by atoms with Crippen LogP contribution >= 0.6 is 11.6 Å². The summed E-state index contributed by atoms with van der Waals surface area (Å²) in [6, 6.07) is 5.38. The van der Waals surface area contributed by atoms with Crippen molar-refractivity contribution in [3.05, 3.63) is 28.8 Å². The van der Waals surface area contributed by atoms with Gasteiger partial charge in [0.05, 0.1) is 30.5 Å². The van der Waals surface area contributed by atoms with E-state index in [0.717, 1.165) is 11.0 Å². The molecule has 0 spiro atoms. The summed E-state index contributed by atoms with van der Waals surface area (Å²) in [7, 11) is -0.531. The van der Waals surface area contributed by atoms with Crippen LogP contribution in [-0.4, -0.2) is 54.7 Å². The average molecular weight is 424 g/mol. The number of amides is 1. The number of benzene rings is 1. The molecule has 3 rings (SSSR count). The molecular weight excluding hydrogens is 392 g/mol. The van der Waals surface area contributed by atoms with Gasteiger partial charge in [-0.3, -0.25) is 4.90 Å². The van der Waals surface area contributed by atoms with Crippen LogP contribution in [0.3, 0.4) is 0 Å². The van der Waals surface area contributed by atoms with Gasteiger partial charge >= 0.3 is 13.2 Å². The number of morpholine rings is 1. The number of halogens is 1. The first-order chi connectivity index (χ1) is 13.3. The third-order valence-electron chi connectivity index (χ3n) is 5.61. The Morgan fingerprint density at radius 1 is 1.17 bits per heavy atom. The molecule has 0 bridgehead atoms. The summed E-state index contributed by atoms with van der Waals surface area (Å²) >= 11 is 6.44. The molecule has 2 saturated heterocycles. The van der Waals surface area contributed by atoms with Gasteiger partial charge < -0.3 is 18.8 Å². The molecule has 0 N–H and O–H groups in total. The molecule has 0 radical (unpaired) electrons. The maximum absolute atomic E-state index is 12.8. The Morgan fingerprint density at radius 3 is 2.38 bits per heavy atom. The number of carbonyl (C=O) groups is 1. The SMILES string of the molecule is CC(C)(C)OC(=O)N1CCOC[C@H]1c1cc(Cl)cc(B2OC(C)(C)C(C)(C)O2)c1. The van der Waals surface area contributed by atoms with E-state index < -0.39 is 23.9 Å². The lowest BCUT2D eigenvalue weighted by molar-refractivity contribution is -0.0330. The second-order valence-electron chi connectivity index (χ2n) is 9.67. The van der Waals surface area contributed by atoms with Gasteiger partial charge in [0.1, 0.15) is 5.60 Å². The molecule has 2 heterocycles. The average Bonchev–Trinajstić information content (AvgIpc) is 2.80. The van der Waals surface area contributed by atoms with E-state index in [0.29, 0.717) is 24.8 Å². The van der Waals surface area contributed by atoms with Crippen molar-refractivity contribution in [3.8, 4) is 0 Å². The lowest BCUT2D eigenvalue weighted by Gasteiger charge is -2.37. The highest BCUT2D eigenvalue weighted by molar-refractivity contribution is 6.62. The minimum atomic E-state index is -0.567. The first-order valence-electron chi connectivity index (χ1n) is 10.0. The van der Waals surface area contributed by atoms with Gasteiger partial charge in [0.15, 0.2) is 0 Å².